The lowest BCUT2D eigenvalue weighted by atomic mass is 9.95. The molecule has 0 aliphatic rings. The van der Waals surface area contributed by atoms with Crippen LogP contribution in [0.5, 0.6) is 5.75 Å². The van der Waals surface area contributed by atoms with Gasteiger partial charge in [-0.15, -0.1) is 0 Å². The van der Waals surface area contributed by atoms with Gasteiger partial charge in [0.25, 0.3) is 5.91 Å². The van der Waals surface area contributed by atoms with Gasteiger partial charge in [0.2, 0.25) is 0 Å². The van der Waals surface area contributed by atoms with E-state index in [1.807, 2.05) is 13.8 Å². The van der Waals surface area contributed by atoms with Crippen LogP contribution in [0.4, 0.5) is 0 Å². The number of phenolic OH excluding ortho intramolecular Hbond substituents is 1. The lowest BCUT2D eigenvalue weighted by molar-refractivity contribution is 0.0899. The topological polar surface area (TPSA) is 49.3 Å². The van der Waals surface area contributed by atoms with E-state index in [0.717, 1.165) is 21.7 Å². The average molecular weight is 426 g/mol. The van der Waals surface area contributed by atoms with Crippen LogP contribution in [-0.2, 0) is 0 Å². The smallest absolute Gasteiger partial charge is 0.255 e. The van der Waals surface area contributed by atoms with Crippen LogP contribution in [0.1, 0.15) is 37.0 Å². The standard InChI is InChI=1S/C13H17BrINO2/c1-3-13(2,6-7-14)16-12(18)10-8-9(15)4-5-11(10)17/h4-5,8,17H,3,6-7H2,1-2H3,(H,16,18). The third-order valence-electron chi connectivity index (χ3n) is 3.05. The normalized spacial score (nSPS) is 14.0. The van der Waals surface area contributed by atoms with Crippen molar-refractivity contribution < 1.29 is 9.90 Å². The van der Waals surface area contributed by atoms with E-state index in [0.29, 0.717) is 5.56 Å². The fraction of sp³-hybridized carbons (Fsp3) is 0.462. The second kappa shape index (κ2) is 6.75. The number of nitrogens with one attached hydrogen (secondary N) is 1. The molecule has 0 aromatic heterocycles. The van der Waals surface area contributed by atoms with Crippen LogP contribution in [0.2, 0.25) is 0 Å². The number of carbonyl (C=O) groups is 1. The van der Waals surface area contributed by atoms with Gasteiger partial charge in [-0.05, 0) is 60.6 Å². The number of rotatable bonds is 5. The minimum atomic E-state index is -0.256. The van der Waals surface area contributed by atoms with E-state index in [-0.39, 0.29) is 17.2 Å². The SMILES string of the molecule is CCC(C)(CCBr)NC(=O)c1cc(I)ccc1O. The predicted molar refractivity (Wildman–Crippen MR) is 85.4 cm³/mol. The third kappa shape index (κ3) is 4.12. The van der Waals surface area contributed by atoms with Gasteiger partial charge in [0.1, 0.15) is 5.75 Å². The van der Waals surface area contributed by atoms with E-state index in [2.05, 4.69) is 43.8 Å². The monoisotopic (exact) mass is 425 g/mol. The number of halogens is 2. The van der Waals surface area contributed by atoms with E-state index in [1.54, 1.807) is 18.2 Å². The maximum Gasteiger partial charge on any atom is 0.255 e. The molecule has 1 amide bonds. The lowest BCUT2D eigenvalue weighted by Gasteiger charge is -2.29. The first kappa shape index (κ1) is 15.8. The van der Waals surface area contributed by atoms with Gasteiger partial charge in [0.05, 0.1) is 5.56 Å². The Kier molecular flexibility index (Phi) is 5.91. The Hall–Kier alpha value is -0.300. The summed E-state index contributed by atoms with van der Waals surface area (Å²) >= 11 is 5.52. The highest BCUT2D eigenvalue weighted by Gasteiger charge is 2.25. The fourth-order valence-electron chi connectivity index (χ4n) is 1.57. The van der Waals surface area contributed by atoms with E-state index >= 15 is 0 Å². The molecule has 100 valence electrons. The lowest BCUT2D eigenvalue weighted by Crippen LogP contribution is -2.45. The van der Waals surface area contributed by atoms with Crippen molar-refractivity contribution in [3.05, 3.63) is 27.3 Å². The zero-order valence-corrected chi connectivity index (χ0v) is 14.2. The number of phenols is 1. The van der Waals surface area contributed by atoms with Crippen LogP contribution in [0.15, 0.2) is 18.2 Å². The van der Waals surface area contributed by atoms with Crippen molar-refractivity contribution in [3.63, 3.8) is 0 Å². The predicted octanol–water partition coefficient (Wildman–Crippen LogP) is 3.68. The Balaban J connectivity index is 2.90. The number of hydrogen-bond acceptors (Lipinski definition) is 2. The molecule has 1 rings (SSSR count). The first-order valence-corrected chi connectivity index (χ1v) is 7.99. The molecule has 0 saturated heterocycles. The summed E-state index contributed by atoms with van der Waals surface area (Å²) in [6.45, 7) is 4.05. The van der Waals surface area contributed by atoms with E-state index in [9.17, 15) is 9.90 Å². The van der Waals surface area contributed by atoms with Crippen molar-refractivity contribution in [2.45, 2.75) is 32.2 Å². The van der Waals surface area contributed by atoms with Crippen molar-refractivity contribution in [1.82, 2.24) is 5.32 Å². The summed E-state index contributed by atoms with van der Waals surface area (Å²) in [6.07, 6.45) is 1.69. The van der Waals surface area contributed by atoms with Crippen molar-refractivity contribution >= 4 is 44.4 Å². The van der Waals surface area contributed by atoms with Crippen LogP contribution in [0, 0.1) is 3.57 Å². The second-order valence-corrected chi connectivity index (χ2v) is 6.51. The van der Waals surface area contributed by atoms with Crippen LogP contribution in [0.25, 0.3) is 0 Å². The molecule has 1 aromatic carbocycles. The Morgan fingerprint density at radius 3 is 2.78 bits per heavy atom. The van der Waals surface area contributed by atoms with Gasteiger partial charge >= 0.3 is 0 Å². The van der Waals surface area contributed by atoms with Gasteiger partial charge in [-0.3, -0.25) is 4.79 Å². The highest BCUT2D eigenvalue weighted by molar-refractivity contribution is 14.1. The van der Waals surface area contributed by atoms with Gasteiger partial charge in [-0.1, -0.05) is 22.9 Å². The number of hydrogen-bond donors (Lipinski definition) is 2. The van der Waals surface area contributed by atoms with Crippen LogP contribution in [0.3, 0.4) is 0 Å². The highest BCUT2D eigenvalue weighted by Crippen LogP contribution is 2.22. The molecule has 0 bridgehead atoms. The summed E-state index contributed by atoms with van der Waals surface area (Å²) in [6, 6.07) is 5.00. The molecule has 1 aromatic rings. The van der Waals surface area contributed by atoms with Gasteiger partial charge in [-0.25, -0.2) is 0 Å². The average Bonchev–Trinajstić information content (AvgIpc) is 2.32. The molecule has 1 unspecified atom stereocenters. The fourth-order valence-corrected chi connectivity index (χ4v) is 2.93. The summed E-state index contributed by atoms with van der Waals surface area (Å²) in [4.78, 5) is 12.2. The summed E-state index contributed by atoms with van der Waals surface area (Å²) in [5.41, 5.74) is 0.0741. The largest absolute Gasteiger partial charge is 0.507 e. The van der Waals surface area contributed by atoms with Crippen molar-refractivity contribution in [3.8, 4) is 5.75 Å². The quantitative estimate of drug-likeness (QED) is 0.558. The molecular formula is C13H17BrINO2. The zero-order valence-electron chi connectivity index (χ0n) is 10.5. The summed E-state index contributed by atoms with van der Waals surface area (Å²) in [5.74, 6) is -0.207. The maximum atomic E-state index is 12.2. The number of benzene rings is 1. The van der Waals surface area contributed by atoms with Crippen LogP contribution < -0.4 is 5.32 Å². The van der Waals surface area contributed by atoms with Gasteiger partial charge < -0.3 is 10.4 Å². The molecule has 0 radical (unpaired) electrons. The van der Waals surface area contributed by atoms with Crippen LogP contribution >= 0.6 is 38.5 Å². The molecule has 18 heavy (non-hydrogen) atoms. The van der Waals surface area contributed by atoms with Gasteiger partial charge in [-0.2, -0.15) is 0 Å². The first-order chi connectivity index (χ1) is 8.41. The van der Waals surface area contributed by atoms with E-state index in [4.69, 9.17) is 0 Å². The molecule has 3 nitrogen and oxygen atoms in total. The van der Waals surface area contributed by atoms with Crippen LogP contribution in [-0.4, -0.2) is 21.9 Å². The number of amides is 1. The van der Waals surface area contributed by atoms with Crippen molar-refractivity contribution in [1.29, 1.82) is 0 Å². The Labute approximate surface area is 130 Å². The zero-order chi connectivity index (χ0) is 13.8. The molecule has 0 aliphatic carbocycles. The van der Waals surface area contributed by atoms with Gasteiger partial charge in [0, 0.05) is 14.4 Å². The first-order valence-electron chi connectivity index (χ1n) is 5.79. The molecule has 0 aliphatic heterocycles. The highest BCUT2D eigenvalue weighted by atomic mass is 127. The maximum absolute atomic E-state index is 12.2. The molecule has 0 fully saturated rings. The minimum absolute atomic E-state index is 0.0187. The van der Waals surface area contributed by atoms with Crippen molar-refractivity contribution in [2.75, 3.05) is 5.33 Å². The minimum Gasteiger partial charge on any atom is -0.507 e. The molecule has 2 N–H and O–H groups in total. The number of alkyl halides is 1. The molecule has 5 heteroatoms. The number of carbonyl (C=O) groups excluding carboxylic acids is 1. The molecule has 1 atom stereocenters. The van der Waals surface area contributed by atoms with Gasteiger partial charge in [0.15, 0.2) is 0 Å². The Morgan fingerprint density at radius 1 is 1.56 bits per heavy atom. The molecule has 0 spiro atoms. The second-order valence-electron chi connectivity index (χ2n) is 4.47. The van der Waals surface area contributed by atoms with E-state index in [1.165, 1.54) is 0 Å². The molecule has 0 saturated carbocycles. The number of aromatic hydroxyl groups is 1. The van der Waals surface area contributed by atoms with E-state index < -0.39 is 0 Å². The molecular weight excluding hydrogens is 409 g/mol. The third-order valence-corrected chi connectivity index (χ3v) is 4.11. The molecule has 0 heterocycles. The summed E-state index contributed by atoms with van der Waals surface area (Å²) < 4.78 is 0.925. The summed E-state index contributed by atoms with van der Waals surface area (Å²) in [5, 5.41) is 13.6. The summed E-state index contributed by atoms with van der Waals surface area (Å²) in [7, 11) is 0. The Bertz CT molecular complexity index is 439. The van der Waals surface area contributed by atoms with Crippen molar-refractivity contribution in [2.24, 2.45) is 0 Å². The Morgan fingerprint density at radius 2 is 2.22 bits per heavy atom.